The molecule has 0 fully saturated rings. The Morgan fingerprint density at radius 1 is 1.50 bits per heavy atom. The minimum Gasteiger partial charge on any atom is -0.495 e. The molecule has 0 bridgehead atoms. The van der Waals surface area contributed by atoms with Crippen molar-refractivity contribution in [1.29, 1.82) is 0 Å². The van der Waals surface area contributed by atoms with E-state index in [0.717, 1.165) is 4.31 Å². The minimum atomic E-state index is -3.79. The number of benzene rings is 1. The van der Waals surface area contributed by atoms with Gasteiger partial charge in [0.2, 0.25) is 10.0 Å². The second kappa shape index (κ2) is 6.32. The van der Waals surface area contributed by atoms with Gasteiger partial charge in [0.05, 0.1) is 18.6 Å². The molecule has 0 spiro atoms. The van der Waals surface area contributed by atoms with Crippen molar-refractivity contribution in [3.8, 4) is 5.75 Å². The fraction of sp³-hybridized carbons (Fsp3) is 0.417. The van der Waals surface area contributed by atoms with Gasteiger partial charge in [-0.15, -0.1) is 0 Å². The van der Waals surface area contributed by atoms with Gasteiger partial charge in [-0.3, -0.25) is 4.31 Å². The van der Waals surface area contributed by atoms with Crippen molar-refractivity contribution in [2.45, 2.75) is 19.9 Å². The topological polar surface area (TPSA) is 83.9 Å². The van der Waals surface area contributed by atoms with Gasteiger partial charge in [0.1, 0.15) is 11.8 Å². The molecule has 1 aromatic rings. The van der Waals surface area contributed by atoms with Crippen LogP contribution in [0.1, 0.15) is 13.8 Å². The Bertz CT molecular complexity index is 602. The Labute approximate surface area is 123 Å². The van der Waals surface area contributed by atoms with Gasteiger partial charge in [-0.05, 0) is 32.0 Å². The number of sulfonamides is 1. The third-order valence-electron chi connectivity index (χ3n) is 2.75. The molecule has 6 nitrogen and oxygen atoms in total. The van der Waals surface area contributed by atoms with E-state index in [9.17, 15) is 13.2 Å². The van der Waals surface area contributed by atoms with Crippen LogP contribution in [0.25, 0.3) is 0 Å². The van der Waals surface area contributed by atoms with E-state index in [1.807, 2.05) is 0 Å². The molecule has 1 rings (SSSR count). The summed E-state index contributed by atoms with van der Waals surface area (Å²) in [5, 5.41) is 9.41. The van der Waals surface area contributed by atoms with Crippen molar-refractivity contribution in [3.63, 3.8) is 0 Å². The number of rotatable bonds is 6. The van der Waals surface area contributed by atoms with Gasteiger partial charge in [0, 0.05) is 5.02 Å². The average Bonchev–Trinajstić information content (AvgIpc) is 2.38. The number of halogens is 1. The van der Waals surface area contributed by atoms with Crippen LogP contribution in [0.2, 0.25) is 5.02 Å². The largest absolute Gasteiger partial charge is 0.495 e. The molecule has 0 aliphatic carbocycles. The molecule has 1 atom stereocenters. The standard InChI is InChI=1S/C12H16ClNO5S/c1-4-20(17,18)14(8(2)12(15)16)10-7-9(13)5-6-11(10)19-3/h5-8H,4H2,1-3H3,(H,15,16). The van der Waals surface area contributed by atoms with E-state index < -0.39 is 22.0 Å². The minimum absolute atomic E-state index is 0.108. The molecule has 0 saturated carbocycles. The zero-order chi connectivity index (χ0) is 15.5. The number of anilines is 1. The lowest BCUT2D eigenvalue weighted by Gasteiger charge is -2.28. The van der Waals surface area contributed by atoms with E-state index >= 15 is 0 Å². The fourth-order valence-corrected chi connectivity index (χ4v) is 3.13. The first-order valence-corrected chi connectivity index (χ1v) is 7.81. The molecule has 0 radical (unpaired) electrons. The lowest BCUT2D eigenvalue weighted by Crippen LogP contribution is -2.44. The Balaban J connectivity index is 3.53. The Kier molecular flexibility index (Phi) is 5.24. The number of nitrogens with zero attached hydrogens (tertiary/aromatic N) is 1. The molecule has 0 aliphatic rings. The second-order valence-electron chi connectivity index (χ2n) is 4.03. The van der Waals surface area contributed by atoms with Gasteiger partial charge < -0.3 is 9.84 Å². The first-order valence-electron chi connectivity index (χ1n) is 5.83. The highest BCUT2D eigenvalue weighted by Crippen LogP contribution is 2.34. The fourth-order valence-electron chi connectivity index (χ4n) is 1.67. The summed E-state index contributed by atoms with van der Waals surface area (Å²) in [7, 11) is -2.42. The Morgan fingerprint density at radius 3 is 2.55 bits per heavy atom. The van der Waals surface area contributed by atoms with Crippen LogP contribution in [0.5, 0.6) is 5.75 Å². The maximum Gasteiger partial charge on any atom is 0.327 e. The van der Waals surface area contributed by atoms with Crippen LogP contribution in [0.15, 0.2) is 18.2 Å². The smallest absolute Gasteiger partial charge is 0.327 e. The van der Waals surface area contributed by atoms with Crippen molar-refractivity contribution in [2.24, 2.45) is 0 Å². The number of ether oxygens (including phenoxy) is 1. The van der Waals surface area contributed by atoms with E-state index in [1.165, 1.54) is 39.2 Å². The Morgan fingerprint density at radius 2 is 2.10 bits per heavy atom. The molecular weight excluding hydrogens is 306 g/mol. The summed E-state index contributed by atoms with van der Waals surface area (Å²) in [5.41, 5.74) is 0.108. The predicted molar refractivity (Wildman–Crippen MR) is 77.0 cm³/mol. The molecule has 1 aromatic carbocycles. The zero-order valence-electron chi connectivity index (χ0n) is 11.3. The van der Waals surface area contributed by atoms with Crippen LogP contribution in [-0.2, 0) is 14.8 Å². The monoisotopic (exact) mass is 321 g/mol. The zero-order valence-corrected chi connectivity index (χ0v) is 12.9. The number of hydrogen-bond acceptors (Lipinski definition) is 4. The van der Waals surface area contributed by atoms with Gasteiger partial charge in [0.15, 0.2) is 0 Å². The van der Waals surface area contributed by atoms with Gasteiger partial charge in [-0.25, -0.2) is 13.2 Å². The third-order valence-corrected chi connectivity index (χ3v) is 4.83. The number of carboxylic acid groups (broad SMARTS) is 1. The van der Waals surface area contributed by atoms with E-state index in [0.29, 0.717) is 0 Å². The third kappa shape index (κ3) is 3.34. The normalized spacial score (nSPS) is 12.8. The highest BCUT2D eigenvalue weighted by molar-refractivity contribution is 7.92. The molecule has 0 aliphatic heterocycles. The molecule has 1 unspecified atom stereocenters. The summed E-state index contributed by atoms with van der Waals surface area (Å²) in [6.45, 7) is 2.73. The van der Waals surface area contributed by atoms with Gasteiger partial charge in [-0.1, -0.05) is 11.6 Å². The first kappa shape index (κ1) is 16.6. The summed E-state index contributed by atoms with van der Waals surface area (Å²) >= 11 is 5.87. The summed E-state index contributed by atoms with van der Waals surface area (Å²) in [5.74, 6) is -1.26. The van der Waals surface area contributed by atoms with Crippen LogP contribution in [0.4, 0.5) is 5.69 Å². The number of carboxylic acids is 1. The summed E-state index contributed by atoms with van der Waals surface area (Å²) in [6.07, 6.45) is 0. The van der Waals surface area contributed by atoms with Crippen molar-refractivity contribution >= 4 is 33.3 Å². The molecule has 0 heterocycles. The van der Waals surface area contributed by atoms with Gasteiger partial charge in [0.25, 0.3) is 0 Å². The maximum atomic E-state index is 12.2. The highest BCUT2D eigenvalue weighted by Gasteiger charge is 2.32. The Hall–Kier alpha value is -1.47. The molecular formula is C12H16ClNO5S. The molecule has 0 amide bonds. The van der Waals surface area contributed by atoms with Crippen molar-refractivity contribution in [1.82, 2.24) is 0 Å². The molecule has 8 heteroatoms. The summed E-state index contributed by atoms with van der Waals surface area (Å²) in [6, 6.07) is 3.12. The molecule has 0 saturated heterocycles. The van der Waals surface area contributed by atoms with Crippen LogP contribution < -0.4 is 9.04 Å². The SMILES string of the molecule is CCS(=O)(=O)N(c1cc(Cl)ccc1OC)C(C)C(=O)O. The van der Waals surface area contributed by atoms with E-state index in [4.69, 9.17) is 21.4 Å². The van der Waals surface area contributed by atoms with E-state index in [-0.39, 0.29) is 22.2 Å². The number of hydrogen-bond donors (Lipinski definition) is 1. The molecule has 0 aromatic heterocycles. The number of carbonyl (C=O) groups is 1. The lowest BCUT2D eigenvalue weighted by molar-refractivity contribution is -0.137. The van der Waals surface area contributed by atoms with Crippen LogP contribution in [-0.4, -0.2) is 38.4 Å². The highest BCUT2D eigenvalue weighted by atomic mass is 35.5. The van der Waals surface area contributed by atoms with Crippen molar-refractivity contribution in [3.05, 3.63) is 23.2 Å². The van der Waals surface area contributed by atoms with Crippen molar-refractivity contribution in [2.75, 3.05) is 17.2 Å². The van der Waals surface area contributed by atoms with Crippen molar-refractivity contribution < 1.29 is 23.1 Å². The number of methoxy groups -OCH3 is 1. The molecule has 1 N–H and O–H groups in total. The molecule has 20 heavy (non-hydrogen) atoms. The lowest BCUT2D eigenvalue weighted by atomic mass is 10.2. The predicted octanol–water partition coefficient (Wildman–Crippen LogP) is 1.98. The quantitative estimate of drug-likeness (QED) is 0.866. The maximum absolute atomic E-state index is 12.2. The summed E-state index contributed by atoms with van der Waals surface area (Å²) < 4.78 is 30.3. The van der Waals surface area contributed by atoms with Crippen LogP contribution in [0.3, 0.4) is 0 Å². The van der Waals surface area contributed by atoms with Crippen LogP contribution in [0, 0.1) is 0 Å². The van der Waals surface area contributed by atoms with Gasteiger partial charge in [-0.2, -0.15) is 0 Å². The first-order chi connectivity index (χ1) is 9.24. The second-order valence-corrected chi connectivity index (χ2v) is 6.60. The van der Waals surface area contributed by atoms with Gasteiger partial charge >= 0.3 is 5.97 Å². The summed E-state index contributed by atoms with van der Waals surface area (Å²) in [4.78, 5) is 11.2. The average molecular weight is 322 g/mol. The number of aliphatic carboxylic acids is 1. The van der Waals surface area contributed by atoms with Crippen LogP contribution >= 0.6 is 11.6 Å². The van der Waals surface area contributed by atoms with E-state index in [1.54, 1.807) is 0 Å². The van der Waals surface area contributed by atoms with E-state index in [2.05, 4.69) is 0 Å². The molecule has 112 valence electrons.